The number of amides is 3. The van der Waals surface area contributed by atoms with Crippen LogP contribution in [0.2, 0.25) is 0 Å². The molecule has 366 valence electrons. The van der Waals surface area contributed by atoms with Crippen molar-refractivity contribution in [1.82, 2.24) is 30.7 Å². The van der Waals surface area contributed by atoms with Gasteiger partial charge in [-0.25, -0.2) is 40.7 Å². The van der Waals surface area contributed by atoms with Gasteiger partial charge in [0.05, 0.1) is 45.6 Å². The Labute approximate surface area is 387 Å². The van der Waals surface area contributed by atoms with Gasteiger partial charge in [-0.3, -0.25) is 19.3 Å². The lowest BCUT2D eigenvalue weighted by atomic mass is 10.1. The van der Waals surface area contributed by atoms with E-state index in [1.807, 2.05) is 14.1 Å². The first-order valence-electron chi connectivity index (χ1n) is 21.2. The van der Waals surface area contributed by atoms with E-state index in [9.17, 15) is 44.7 Å². The Morgan fingerprint density at radius 1 is 0.591 bits per heavy atom. The minimum atomic E-state index is -3.91. The minimum Gasteiger partial charge on any atom is -0.507 e. The number of hydrogen-bond acceptors (Lipinski definition) is 15. The van der Waals surface area contributed by atoms with Crippen molar-refractivity contribution in [2.75, 3.05) is 74.1 Å². The number of phenolic OH excluding ortho intramolecular Hbond substituents is 1. The number of carbonyl (C=O) groups excluding carboxylic acids is 3. The summed E-state index contributed by atoms with van der Waals surface area (Å²) in [5.41, 5.74) is 0.233. The van der Waals surface area contributed by atoms with Crippen molar-refractivity contribution in [3.63, 3.8) is 0 Å². The highest BCUT2D eigenvalue weighted by molar-refractivity contribution is 7.89. The zero-order valence-electron chi connectivity index (χ0n) is 37.9. The van der Waals surface area contributed by atoms with Crippen molar-refractivity contribution >= 4 is 47.8 Å². The molecule has 0 bridgehead atoms. The zero-order valence-corrected chi connectivity index (χ0v) is 40.3. The highest BCUT2D eigenvalue weighted by Crippen LogP contribution is 2.25. The number of hydrogen-bond donors (Lipinski definition) is 7. The number of aromatic hydroxyl groups is 1. The van der Waals surface area contributed by atoms with Crippen molar-refractivity contribution in [2.24, 2.45) is 15.4 Å². The van der Waals surface area contributed by atoms with Crippen LogP contribution in [0.25, 0.3) is 0 Å². The number of nitrogens with zero attached hydrogens (tertiary/aromatic N) is 3. The number of benzene rings is 3. The molecule has 0 aliphatic carbocycles. The summed E-state index contributed by atoms with van der Waals surface area (Å²) < 4.78 is 78.6. The van der Waals surface area contributed by atoms with Gasteiger partial charge in [0.25, 0.3) is 17.7 Å². The topological polar surface area (TPSA) is 316 Å². The van der Waals surface area contributed by atoms with Crippen molar-refractivity contribution in [2.45, 2.75) is 78.3 Å². The third-order valence-corrected chi connectivity index (χ3v) is 14.5. The van der Waals surface area contributed by atoms with Gasteiger partial charge in [0.1, 0.15) is 17.2 Å². The SMILES string of the molecule is CCN1CCCC1CNC(=O)c1cc(S(N)(=O)=O)ccc1OC.CN1CCCC1CNC(=O)c1cc(S(N)(=O)=O)ccc1O.COc1ccc(S(N)(=O)=O)cc1C(=O)NCC1CCCN1C. The summed E-state index contributed by atoms with van der Waals surface area (Å²) in [5, 5.41) is 33.4. The highest BCUT2D eigenvalue weighted by Gasteiger charge is 2.26. The molecule has 0 radical (unpaired) electrons. The number of primary sulfonamides is 3. The second-order valence-corrected chi connectivity index (χ2v) is 20.8. The second kappa shape index (κ2) is 23.7. The number of nitrogens with two attached hydrogens (primary N) is 3. The molecular weight excluding hydrogens is 919 g/mol. The molecule has 0 saturated carbocycles. The first-order valence-corrected chi connectivity index (χ1v) is 25.9. The van der Waals surface area contributed by atoms with Gasteiger partial charge < -0.3 is 40.3 Å². The molecule has 66 heavy (non-hydrogen) atoms. The van der Waals surface area contributed by atoms with Crippen LogP contribution in [0.15, 0.2) is 69.3 Å². The molecule has 3 aromatic rings. The van der Waals surface area contributed by atoms with E-state index in [0.717, 1.165) is 82.9 Å². The standard InChI is InChI=1S/C15H23N3O4S.C14H21N3O4S.C13H19N3O4S/c1-3-18-8-4-5-11(18)10-17-15(19)13-9-12(23(16,20)21)6-7-14(13)22-2;1-17-7-3-4-10(17)9-16-14(18)12-8-11(22(15,19)20)5-6-13(12)21-2;1-16-6-2-3-9(16)8-15-13(18)11-7-10(21(14,19)20)4-5-12(11)17/h6-7,9,11H,3-5,8,10H2,1-2H3,(H,17,19)(H2,16,20,21);5-6,8,10H,3-4,7,9H2,1-2H3,(H,16,18)(H2,15,19,20);4-5,7,9,17H,2-3,6,8H2,1H3,(H,15,18)(H2,14,19,20). The molecule has 3 amide bonds. The molecule has 3 aromatic carbocycles. The normalized spacial score (nSPS) is 19.2. The van der Waals surface area contributed by atoms with Crippen molar-refractivity contribution in [1.29, 1.82) is 0 Å². The quantitative estimate of drug-likeness (QED) is 0.110. The van der Waals surface area contributed by atoms with Crippen LogP contribution in [0.5, 0.6) is 17.2 Å². The first-order chi connectivity index (χ1) is 31.0. The lowest BCUT2D eigenvalue weighted by Crippen LogP contribution is -2.40. The minimum absolute atomic E-state index is 0.0952. The van der Waals surface area contributed by atoms with Crippen LogP contribution < -0.4 is 40.8 Å². The smallest absolute Gasteiger partial charge is 0.255 e. The Balaban J connectivity index is 0.000000217. The van der Waals surface area contributed by atoms with Gasteiger partial charge >= 0.3 is 0 Å². The van der Waals surface area contributed by atoms with Gasteiger partial charge in [-0.1, -0.05) is 6.92 Å². The molecule has 3 aliphatic heterocycles. The van der Waals surface area contributed by atoms with E-state index in [-0.39, 0.29) is 55.0 Å². The maximum atomic E-state index is 12.4. The van der Waals surface area contributed by atoms with Crippen LogP contribution in [-0.2, 0) is 30.1 Å². The van der Waals surface area contributed by atoms with Crippen molar-refractivity contribution in [3.8, 4) is 17.2 Å². The molecule has 10 N–H and O–H groups in total. The number of nitrogens with one attached hydrogen (secondary N) is 3. The average Bonchev–Trinajstić information content (AvgIpc) is 4.03. The van der Waals surface area contributed by atoms with E-state index in [2.05, 4.69) is 37.6 Å². The summed E-state index contributed by atoms with van der Waals surface area (Å²) in [6.07, 6.45) is 6.40. The van der Waals surface area contributed by atoms with Gasteiger partial charge in [0, 0.05) is 37.8 Å². The maximum Gasteiger partial charge on any atom is 0.255 e. The van der Waals surface area contributed by atoms with Gasteiger partial charge in [-0.2, -0.15) is 0 Å². The molecule has 3 saturated heterocycles. The summed E-state index contributed by atoms with van der Waals surface area (Å²) in [6, 6.07) is 12.2. The van der Waals surface area contributed by atoms with E-state index in [1.165, 1.54) is 50.6 Å². The van der Waals surface area contributed by atoms with E-state index in [1.54, 1.807) is 0 Å². The van der Waals surface area contributed by atoms with Gasteiger partial charge in [0.15, 0.2) is 0 Å². The van der Waals surface area contributed by atoms with Gasteiger partial charge in [-0.05, 0) is 133 Å². The number of carbonyl (C=O) groups is 3. The molecule has 3 aliphatic rings. The number of ether oxygens (including phenoxy) is 2. The number of likely N-dealkylation sites (N-methyl/N-ethyl adjacent to an activating group) is 3. The Bertz CT molecular complexity index is 2530. The van der Waals surface area contributed by atoms with E-state index < -0.39 is 36.0 Å². The third-order valence-electron chi connectivity index (χ3n) is 11.8. The lowest BCUT2D eigenvalue weighted by molar-refractivity contribution is 0.0930. The predicted molar refractivity (Wildman–Crippen MR) is 247 cm³/mol. The van der Waals surface area contributed by atoms with Crippen molar-refractivity contribution in [3.05, 3.63) is 71.3 Å². The number of sulfonamides is 3. The van der Waals surface area contributed by atoms with E-state index in [4.69, 9.17) is 24.9 Å². The molecule has 3 heterocycles. The Morgan fingerprint density at radius 2 is 0.939 bits per heavy atom. The summed E-state index contributed by atoms with van der Waals surface area (Å²) in [5.74, 6) is -0.908. The van der Waals surface area contributed by atoms with Crippen LogP contribution in [0.1, 0.15) is 76.5 Å². The Kier molecular flexibility index (Phi) is 19.3. The van der Waals surface area contributed by atoms with Crippen LogP contribution >= 0.6 is 0 Å². The van der Waals surface area contributed by atoms with Gasteiger partial charge in [-0.15, -0.1) is 0 Å². The average molecular weight is 982 g/mol. The summed E-state index contributed by atoms with van der Waals surface area (Å²) in [6.45, 7) is 7.59. The fourth-order valence-electron chi connectivity index (χ4n) is 7.89. The molecule has 0 spiro atoms. The molecule has 3 unspecified atom stereocenters. The number of methoxy groups -OCH3 is 2. The molecule has 24 heteroatoms. The highest BCUT2D eigenvalue weighted by atomic mass is 32.2. The molecule has 3 atom stereocenters. The van der Waals surface area contributed by atoms with Crippen LogP contribution in [0.3, 0.4) is 0 Å². The Morgan fingerprint density at radius 3 is 1.30 bits per heavy atom. The fourth-order valence-corrected chi connectivity index (χ4v) is 9.51. The summed E-state index contributed by atoms with van der Waals surface area (Å²) >= 11 is 0. The van der Waals surface area contributed by atoms with E-state index in [0.29, 0.717) is 43.2 Å². The summed E-state index contributed by atoms with van der Waals surface area (Å²) in [7, 11) is -4.79. The predicted octanol–water partition coefficient (Wildman–Crippen LogP) is 0.587. The van der Waals surface area contributed by atoms with E-state index >= 15 is 0 Å². The molecule has 3 fully saturated rings. The molecular formula is C42H63N9O12S3. The maximum absolute atomic E-state index is 12.4. The molecule has 21 nitrogen and oxygen atoms in total. The van der Waals surface area contributed by atoms with Crippen LogP contribution in [0.4, 0.5) is 0 Å². The van der Waals surface area contributed by atoms with Crippen LogP contribution in [0, 0.1) is 0 Å². The van der Waals surface area contributed by atoms with Crippen molar-refractivity contribution < 1.29 is 54.2 Å². The molecule has 0 aromatic heterocycles. The van der Waals surface area contributed by atoms with Crippen LogP contribution in [-0.4, -0.2) is 155 Å². The second-order valence-electron chi connectivity index (χ2n) is 16.1. The number of phenols is 1. The number of rotatable bonds is 15. The molecule has 6 rings (SSSR count). The number of likely N-dealkylation sites (tertiary alicyclic amines) is 3. The summed E-state index contributed by atoms with van der Waals surface area (Å²) in [4.78, 5) is 43.0. The third kappa shape index (κ3) is 15.0. The fraction of sp³-hybridized carbons (Fsp3) is 0.500. The Hall–Kier alpha value is -4.92. The van der Waals surface area contributed by atoms with Gasteiger partial charge in [0.2, 0.25) is 30.1 Å². The first kappa shape index (κ1) is 53.7. The lowest BCUT2D eigenvalue weighted by Gasteiger charge is -2.23. The largest absolute Gasteiger partial charge is 0.507 e. The zero-order chi connectivity index (χ0) is 49.0. The monoisotopic (exact) mass is 981 g/mol.